The Balaban J connectivity index is 2.02. The number of hydrogen-bond donors (Lipinski definition) is 2. The van der Waals surface area contributed by atoms with Crippen LogP contribution in [0.25, 0.3) is 0 Å². The minimum atomic E-state index is -0.288. The van der Waals surface area contributed by atoms with Crippen LogP contribution in [0.4, 0.5) is 0 Å². The first kappa shape index (κ1) is 11.7. The van der Waals surface area contributed by atoms with E-state index < -0.39 is 0 Å². The van der Waals surface area contributed by atoms with Crippen molar-refractivity contribution in [2.75, 3.05) is 0 Å². The summed E-state index contributed by atoms with van der Waals surface area (Å²) in [6.07, 6.45) is 1.51. The summed E-state index contributed by atoms with van der Waals surface area (Å²) in [5, 5.41) is 15.6. The summed E-state index contributed by atoms with van der Waals surface area (Å²) in [5.74, 6) is 0.307. The first-order valence-corrected chi connectivity index (χ1v) is 5.62. The number of amides is 1. The predicted molar refractivity (Wildman–Crippen MR) is 63.5 cm³/mol. The van der Waals surface area contributed by atoms with E-state index in [9.17, 15) is 9.90 Å². The van der Waals surface area contributed by atoms with Crippen molar-refractivity contribution in [2.45, 2.75) is 6.54 Å². The number of aromatic hydroxyl groups is 1. The highest BCUT2D eigenvalue weighted by atomic mass is 79.9. The minimum absolute atomic E-state index is 0.0253. The summed E-state index contributed by atoms with van der Waals surface area (Å²) in [5.41, 5.74) is 0.380. The molecule has 6 heteroatoms. The molecule has 2 aromatic rings. The van der Waals surface area contributed by atoms with Crippen LogP contribution < -0.4 is 5.32 Å². The molecular formula is C11H9BrN2O3. The molecule has 0 fully saturated rings. The fourth-order valence-electron chi connectivity index (χ4n) is 1.26. The van der Waals surface area contributed by atoms with Crippen LogP contribution in [0, 0.1) is 0 Å². The number of carbonyl (C=O) groups excluding carboxylic acids is 1. The molecule has 0 saturated heterocycles. The van der Waals surface area contributed by atoms with Gasteiger partial charge in [0.25, 0.3) is 5.91 Å². The number of benzene rings is 1. The van der Waals surface area contributed by atoms with Gasteiger partial charge in [-0.05, 0) is 34.1 Å². The van der Waals surface area contributed by atoms with Crippen molar-refractivity contribution in [3.8, 4) is 5.75 Å². The first-order chi connectivity index (χ1) is 8.16. The molecule has 0 bridgehead atoms. The summed E-state index contributed by atoms with van der Waals surface area (Å²) >= 11 is 3.14. The normalized spacial score (nSPS) is 10.2. The number of hydrogen-bond acceptors (Lipinski definition) is 4. The molecule has 0 radical (unpaired) electrons. The van der Waals surface area contributed by atoms with E-state index >= 15 is 0 Å². The number of rotatable bonds is 3. The highest BCUT2D eigenvalue weighted by molar-refractivity contribution is 9.10. The summed E-state index contributed by atoms with van der Waals surface area (Å²) in [6, 6.07) is 6.28. The van der Waals surface area contributed by atoms with E-state index in [1.165, 1.54) is 12.3 Å². The molecular weight excluding hydrogens is 288 g/mol. The number of aromatic nitrogens is 1. The fourth-order valence-corrected chi connectivity index (χ4v) is 1.50. The number of phenolic OH excluding ortho intramolecular Hbond substituents is 1. The lowest BCUT2D eigenvalue weighted by atomic mass is 10.2. The topological polar surface area (TPSA) is 75.4 Å². The summed E-state index contributed by atoms with van der Waals surface area (Å²) in [6.45, 7) is 0.260. The standard InChI is InChI=1S/C11H9BrN2O3/c12-9-2-1-7(5-10(9)15)11(16)13-6-8-3-4-14-17-8/h1-5,15H,6H2,(H,13,16). The average Bonchev–Trinajstić information content (AvgIpc) is 2.82. The van der Waals surface area contributed by atoms with Gasteiger partial charge in [0.2, 0.25) is 0 Å². The quantitative estimate of drug-likeness (QED) is 0.909. The number of halogens is 1. The fraction of sp³-hybridized carbons (Fsp3) is 0.0909. The van der Waals surface area contributed by atoms with E-state index in [4.69, 9.17) is 4.52 Å². The van der Waals surface area contributed by atoms with E-state index in [-0.39, 0.29) is 18.2 Å². The molecule has 2 N–H and O–H groups in total. The Morgan fingerprint density at radius 3 is 2.94 bits per heavy atom. The van der Waals surface area contributed by atoms with Crippen LogP contribution in [0.15, 0.2) is 39.5 Å². The van der Waals surface area contributed by atoms with Crippen molar-refractivity contribution in [3.63, 3.8) is 0 Å². The van der Waals surface area contributed by atoms with Crippen molar-refractivity contribution in [1.82, 2.24) is 10.5 Å². The summed E-state index contributed by atoms with van der Waals surface area (Å²) in [7, 11) is 0. The van der Waals surface area contributed by atoms with E-state index in [1.807, 2.05) is 0 Å². The number of nitrogens with one attached hydrogen (secondary N) is 1. The monoisotopic (exact) mass is 296 g/mol. The largest absolute Gasteiger partial charge is 0.507 e. The van der Waals surface area contributed by atoms with Gasteiger partial charge < -0.3 is 14.9 Å². The van der Waals surface area contributed by atoms with Crippen LogP contribution >= 0.6 is 15.9 Å². The van der Waals surface area contributed by atoms with Crippen LogP contribution in [-0.2, 0) is 6.54 Å². The van der Waals surface area contributed by atoms with Gasteiger partial charge >= 0.3 is 0 Å². The molecule has 1 heterocycles. The number of nitrogens with zero attached hydrogens (tertiary/aromatic N) is 1. The van der Waals surface area contributed by atoms with Gasteiger partial charge in [-0.25, -0.2) is 0 Å². The Bertz CT molecular complexity index is 526. The molecule has 0 spiro atoms. The van der Waals surface area contributed by atoms with Gasteiger partial charge in [-0.3, -0.25) is 4.79 Å². The molecule has 5 nitrogen and oxygen atoms in total. The van der Waals surface area contributed by atoms with E-state index in [0.717, 1.165) is 0 Å². The average molecular weight is 297 g/mol. The Morgan fingerprint density at radius 1 is 1.47 bits per heavy atom. The molecule has 0 unspecified atom stereocenters. The predicted octanol–water partition coefficient (Wildman–Crippen LogP) is 2.07. The number of carbonyl (C=O) groups is 1. The molecule has 0 aliphatic carbocycles. The van der Waals surface area contributed by atoms with Crippen molar-refractivity contribution < 1.29 is 14.4 Å². The summed E-state index contributed by atoms with van der Waals surface area (Å²) in [4.78, 5) is 11.7. The Hall–Kier alpha value is -1.82. The van der Waals surface area contributed by atoms with Crippen LogP contribution in [-0.4, -0.2) is 16.2 Å². The molecule has 1 amide bonds. The zero-order valence-electron chi connectivity index (χ0n) is 8.68. The first-order valence-electron chi connectivity index (χ1n) is 4.83. The third-order valence-corrected chi connectivity index (χ3v) is 2.79. The van der Waals surface area contributed by atoms with Crippen LogP contribution in [0.5, 0.6) is 5.75 Å². The maximum absolute atomic E-state index is 11.7. The van der Waals surface area contributed by atoms with Gasteiger partial charge in [0, 0.05) is 11.6 Å². The van der Waals surface area contributed by atoms with E-state index in [2.05, 4.69) is 26.4 Å². The van der Waals surface area contributed by atoms with Gasteiger partial charge in [-0.1, -0.05) is 5.16 Å². The van der Waals surface area contributed by atoms with Crippen molar-refractivity contribution in [3.05, 3.63) is 46.3 Å². The van der Waals surface area contributed by atoms with Crippen LogP contribution in [0.3, 0.4) is 0 Å². The smallest absolute Gasteiger partial charge is 0.251 e. The van der Waals surface area contributed by atoms with Gasteiger partial charge in [-0.15, -0.1) is 0 Å². The van der Waals surface area contributed by atoms with Gasteiger partial charge in [-0.2, -0.15) is 0 Å². The van der Waals surface area contributed by atoms with Crippen LogP contribution in [0.2, 0.25) is 0 Å². The second-order valence-corrected chi connectivity index (χ2v) is 4.18. The molecule has 88 valence electrons. The van der Waals surface area contributed by atoms with Crippen molar-refractivity contribution in [1.29, 1.82) is 0 Å². The molecule has 0 aliphatic heterocycles. The Morgan fingerprint density at radius 2 is 2.29 bits per heavy atom. The molecule has 0 aliphatic rings. The van der Waals surface area contributed by atoms with E-state index in [1.54, 1.807) is 18.2 Å². The van der Waals surface area contributed by atoms with Crippen LogP contribution in [0.1, 0.15) is 16.1 Å². The van der Waals surface area contributed by atoms with Gasteiger partial charge in [0.1, 0.15) is 5.75 Å². The number of phenols is 1. The maximum atomic E-state index is 11.7. The third kappa shape index (κ3) is 2.85. The molecule has 17 heavy (non-hydrogen) atoms. The highest BCUT2D eigenvalue weighted by Crippen LogP contribution is 2.24. The summed E-state index contributed by atoms with van der Waals surface area (Å²) < 4.78 is 5.39. The SMILES string of the molecule is O=C(NCc1ccno1)c1ccc(Br)c(O)c1. The Kier molecular flexibility index (Phi) is 3.43. The highest BCUT2D eigenvalue weighted by Gasteiger charge is 2.08. The lowest BCUT2D eigenvalue weighted by Gasteiger charge is -2.04. The van der Waals surface area contributed by atoms with Gasteiger partial charge in [0.05, 0.1) is 17.2 Å². The maximum Gasteiger partial charge on any atom is 0.251 e. The molecule has 0 atom stereocenters. The molecule has 1 aromatic carbocycles. The van der Waals surface area contributed by atoms with E-state index in [0.29, 0.717) is 15.8 Å². The van der Waals surface area contributed by atoms with Gasteiger partial charge in [0.15, 0.2) is 5.76 Å². The Labute approximate surface area is 106 Å². The molecule has 0 saturated carbocycles. The van der Waals surface area contributed by atoms with Crippen molar-refractivity contribution in [2.24, 2.45) is 0 Å². The second kappa shape index (κ2) is 5.01. The minimum Gasteiger partial charge on any atom is -0.507 e. The zero-order chi connectivity index (χ0) is 12.3. The third-order valence-electron chi connectivity index (χ3n) is 2.12. The lowest BCUT2D eigenvalue weighted by molar-refractivity contribution is 0.0946. The molecule has 1 aromatic heterocycles. The lowest BCUT2D eigenvalue weighted by Crippen LogP contribution is -2.22. The zero-order valence-corrected chi connectivity index (χ0v) is 10.3. The van der Waals surface area contributed by atoms with Crippen molar-refractivity contribution >= 4 is 21.8 Å². The second-order valence-electron chi connectivity index (χ2n) is 3.33. The molecule has 2 rings (SSSR count).